The third-order valence-corrected chi connectivity index (χ3v) is 6.68. The van der Waals surface area contributed by atoms with Gasteiger partial charge in [0.2, 0.25) is 0 Å². The molecule has 0 amide bonds. The molecule has 3 aromatic rings. The van der Waals surface area contributed by atoms with Crippen LogP contribution >= 0.6 is 0 Å². The summed E-state index contributed by atoms with van der Waals surface area (Å²) in [5, 5.41) is 8.39. The van der Waals surface area contributed by atoms with Crippen molar-refractivity contribution in [1.82, 2.24) is 19.3 Å². The summed E-state index contributed by atoms with van der Waals surface area (Å²) < 4.78 is 33.7. The van der Waals surface area contributed by atoms with Gasteiger partial charge in [-0.2, -0.15) is 0 Å². The summed E-state index contributed by atoms with van der Waals surface area (Å²) >= 11 is 0. The van der Waals surface area contributed by atoms with E-state index in [0.717, 1.165) is 22.6 Å². The second-order valence-electron chi connectivity index (χ2n) is 6.83. The highest BCUT2D eigenvalue weighted by molar-refractivity contribution is 7.89. The van der Waals surface area contributed by atoms with Crippen molar-refractivity contribution in [1.29, 1.82) is 0 Å². The molecule has 1 aromatic heterocycles. The molecule has 0 atom stereocenters. The van der Waals surface area contributed by atoms with Crippen LogP contribution in [0.15, 0.2) is 89.6 Å². The van der Waals surface area contributed by atoms with Gasteiger partial charge in [0.05, 0.1) is 24.7 Å². The fourth-order valence-electron chi connectivity index (χ4n) is 3.17. The molecule has 0 spiro atoms. The first-order chi connectivity index (χ1) is 14.6. The Balaban J connectivity index is 1.41. The molecule has 0 aliphatic carbocycles. The van der Waals surface area contributed by atoms with Crippen molar-refractivity contribution >= 4 is 10.0 Å². The van der Waals surface area contributed by atoms with E-state index in [1.807, 2.05) is 42.6 Å². The molecule has 0 radical (unpaired) electrons. The highest BCUT2D eigenvalue weighted by Crippen LogP contribution is 2.22. The molecule has 2 aromatic carbocycles. The number of ether oxygens (including phenoxy) is 1. The van der Waals surface area contributed by atoms with E-state index in [9.17, 15) is 8.42 Å². The van der Waals surface area contributed by atoms with Gasteiger partial charge in [0.15, 0.2) is 0 Å². The first-order valence-corrected chi connectivity index (χ1v) is 11.0. The largest absolute Gasteiger partial charge is 0.497 e. The van der Waals surface area contributed by atoms with Crippen LogP contribution in [0.4, 0.5) is 0 Å². The molecule has 154 valence electrons. The van der Waals surface area contributed by atoms with E-state index >= 15 is 0 Å². The van der Waals surface area contributed by atoms with Gasteiger partial charge in [0, 0.05) is 18.3 Å². The quantitative estimate of drug-likeness (QED) is 0.608. The van der Waals surface area contributed by atoms with Crippen LogP contribution < -0.4 is 4.74 Å². The lowest BCUT2D eigenvalue weighted by atomic mass is 10.1. The third-order valence-electron chi connectivity index (χ3n) is 4.89. The first kappa shape index (κ1) is 19.9. The molecule has 4 rings (SSSR count). The van der Waals surface area contributed by atoms with Crippen molar-refractivity contribution < 1.29 is 13.2 Å². The van der Waals surface area contributed by atoms with Crippen LogP contribution in [0.1, 0.15) is 6.42 Å². The Bertz CT molecular complexity index is 1170. The van der Waals surface area contributed by atoms with Gasteiger partial charge in [0.1, 0.15) is 11.4 Å². The van der Waals surface area contributed by atoms with Crippen LogP contribution in [0.5, 0.6) is 5.75 Å². The number of aromatic nitrogens is 3. The van der Waals surface area contributed by atoms with Crippen molar-refractivity contribution in [2.24, 2.45) is 0 Å². The van der Waals surface area contributed by atoms with Crippen molar-refractivity contribution in [3.63, 3.8) is 0 Å². The van der Waals surface area contributed by atoms with Crippen molar-refractivity contribution in [3.8, 4) is 17.0 Å². The summed E-state index contributed by atoms with van der Waals surface area (Å²) in [5.74, 6) is 0.795. The predicted molar refractivity (Wildman–Crippen MR) is 114 cm³/mol. The molecule has 0 unspecified atom stereocenters. The Morgan fingerprint density at radius 2 is 1.87 bits per heavy atom. The Hall–Kier alpha value is -3.39. The summed E-state index contributed by atoms with van der Waals surface area (Å²) in [6.07, 6.45) is 8.03. The molecular formula is C22H22N4O3S. The number of methoxy groups -OCH3 is 1. The molecule has 30 heavy (non-hydrogen) atoms. The van der Waals surface area contributed by atoms with E-state index in [4.69, 9.17) is 4.74 Å². The highest BCUT2D eigenvalue weighted by atomic mass is 32.2. The van der Waals surface area contributed by atoms with E-state index in [2.05, 4.69) is 10.3 Å². The van der Waals surface area contributed by atoms with Crippen LogP contribution in [-0.4, -0.2) is 41.4 Å². The zero-order chi connectivity index (χ0) is 21.0. The fourth-order valence-corrected chi connectivity index (χ4v) is 4.49. The number of hydrogen-bond acceptors (Lipinski definition) is 5. The minimum atomic E-state index is -3.50. The summed E-state index contributed by atoms with van der Waals surface area (Å²) in [4.78, 5) is 0.302. The normalized spacial score (nSPS) is 15.5. The number of benzene rings is 2. The lowest BCUT2D eigenvalue weighted by Crippen LogP contribution is -2.29. The average Bonchev–Trinajstić information content (AvgIpc) is 3.28. The van der Waals surface area contributed by atoms with Gasteiger partial charge in [-0.05, 0) is 54.5 Å². The molecular weight excluding hydrogens is 400 g/mol. The zero-order valence-corrected chi connectivity index (χ0v) is 17.4. The van der Waals surface area contributed by atoms with E-state index < -0.39 is 10.0 Å². The maximum absolute atomic E-state index is 12.7. The molecule has 0 bridgehead atoms. The maximum atomic E-state index is 12.7. The summed E-state index contributed by atoms with van der Waals surface area (Å²) in [6, 6.07) is 16.1. The van der Waals surface area contributed by atoms with Crippen LogP contribution in [0.25, 0.3) is 11.3 Å². The van der Waals surface area contributed by atoms with Gasteiger partial charge >= 0.3 is 0 Å². The molecule has 1 aliphatic heterocycles. The third kappa shape index (κ3) is 4.28. The van der Waals surface area contributed by atoms with Crippen molar-refractivity contribution in [3.05, 3.63) is 84.7 Å². The highest BCUT2D eigenvalue weighted by Gasteiger charge is 2.23. The van der Waals surface area contributed by atoms with Gasteiger partial charge in [-0.3, -0.25) is 4.31 Å². The SMILES string of the molecule is COc1ccc(-c2cn(C/C=C3\C=CN(S(=O)(=O)c4ccccc4)CC3)nn2)cc1. The van der Waals surface area contributed by atoms with Gasteiger partial charge in [-0.1, -0.05) is 29.5 Å². The van der Waals surface area contributed by atoms with E-state index in [1.165, 1.54) is 4.31 Å². The topological polar surface area (TPSA) is 77.3 Å². The molecule has 7 nitrogen and oxygen atoms in total. The Morgan fingerprint density at radius 3 is 2.53 bits per heavy atom. The van der Waals surface area contributed by atoms with Gasteiger partial charge in [-0.15, -0.1) is 5.10 Å². The molecule has 8 heteroatoms. The summed E-state index contributed by atoms with van der Waals surface area (Å²) in [6.45, 7) is 0.974. The van der Waals surface area contributed by atoms with Crippen LogP contribution in [0.3, 0.4) is 0 Å². The minimum absolute atomic E-state index is 0.302. The lowest BCUT2D eigenvalue weighted by molar-refractivity contribution is 0.415. The Kier molecular flexibility index (Phi) is 5.67. The average molecular weight is 423 g/mol. The Morgan fingerprint density at radius 1 is 1.10 bits per heavy atom. The van der Waals surface area contributed by atoms with Crippen LogP contribution in [0, 0.1) is 0 Å². The number of sulfonamides is 1. The lowest BCUT2D eigenvalue weighted by Gasteiger charge is -2.24. The Labute approximate surface area is 176 Å². The van der Waals surface area contributed by atoms with Crippen molar-refractivity contribution in [2.75, 3.05) is 13.7 Å². The van der Waals surface area contributed by atoms with E-state index in [0.29, 0.717) is 24.4 Å². The maximum Gasteiger partial charge on any atom is 0.263 e. The molecule has 0 fully saturated rings. The molecule has 1 aliphatic rings. The van der Waals surface area contributed by atoms with E-state index in [1.54, 1.807) is 48.3 Å². The fraction of sp³-hybridized carbons (Fsp3) is 0.182. The number of hydrogen-bond donors (Lipinski definition) is 0. The van der Waals surface area contributed by atoms with Gasteiger partial charge < -0.3 is 4.74 Å². The summed E-state index contributed by atoms with van der Waals surface area (Å²) in [7, 11) is -1.87. The molecule has 0 saturated heterocycles. The van der Waals surface area contributed by atoms with Crippen LogP contribution in [-0.2, 0) is 16.6 Å². The minimum Gasteiger partial charge on any atom is -0.497 e. The smallest absolute Gasteiger partial charge is 0.263 e. The monoisotopic (exact) mass is 422 g/mol. The van der Waals surface area contributed by atoms with Gasteiger partial charge in [0.25, 0.3) is 10.0 Å². The number of allylic oxidation sites excluding steroid dienone is 2. The molecule has 0 N–H and O–H groups in total. The second-order valence-corrected chi connectivity index (χ2v) is 8.72. The molecule has 2 heterocycles. The number of rotatable bonds is 6. The standard InChI is InChI=1S/C22H22N4O3S/c1-29-20-9-7-19(8-10-20)22-17-25(24-23-22)14-11-18-12-15-26(16-13-18)30(27,28)21-5-3-2-4-6-21/h2-12,15,17H,13-14,16H2,1H3/b18-11+. The molecule has 0 saturated carbocycles. The zero-order valence-electron chi connectivity index (χ0n) is 16.5. The van der Waals surface area contributed by atoms with E-state index in [-0.39, 0.29) is 0 Å². The van der Waals surface area contributed by atoms with Crippen molar-refractivity contribution in [2.45, 2.75) is 17.9 Å². The van der Waals surface area contributed by atoms with Gasteiger partial charge in [-0.25, -0.2) is 13.1 Å². The summed E-state index contributed by atoms with van der Waals surface area (Å²) in [5.41, 5.74) is 2.82. The number of nitrogens with zero attached hydrogens (tertiary/aromatic N) is 4. The predicted octanol–water partition coefficient (Wildman–Crippen LogP) is 3.49. The first-order valence-electron chi connectivity index (χ1n) is 9.55. The van der Waals surface area contributed by atoms with Crippen LogP contribution in [0.2, 0.25) is 0 Å². The second kappa shape index (κ2) is 8.54.